The van der Waals surface area contributed by atoms with E-state index < -0.39 is 10.0 Å². The van der Waals surface area contributed by atoms with Gasteiger partial charge in [-0.05, 0) is 31.5 Å². The third kappa shape index (κ3) is 4.37. The zero-order chi connectivity index (χ0) is 20.1. The smallest absolute Gasteiger partial charge is 0.306 e. The average Bonchev–Trinajstić information content (AvgIpc) is 3.08. The van der Waals surface area contributed by atoms with Crippen molar-refractivity contribution in [2.24, 2.45) is 0 Å². The summed E-state index contributed by atoms with van der Waals surface area (Å²) in [6.07, 6.45) is 2.12. The van der Waals surface area contributed by atoms with Gasteiger partial charge in [-0.1, -0.05) is 13.3 Å². The van der Waals surface area contributed by atoms with Gasteiger partial charge in [-0.2, -0.15) is 4.31 Å². The van der Waals surface area contributed by atoms with E-state index in [9.17, 15) is 13.2 Å². The highest BCUT2D eigenvalue weighted by Gasteiger charge is 2.27. The first-order valence-corrected chi connectivity index (χ1v) is 11.1. The lowest BCUT2D eigenvalue weighted by Crippen LogP contribution is -2.40. The van der Waals surface area contributed by atoms with Gasteiger partial charge < -0.3 is 14.0 Å². The molecule has 0 saturated carbocycles. The molecule has 0 unspecified atom stereocenters. The van der Waals surface area contributed by atoms with E-state index in [0.717, 1.165) is 18.4 Å². The van der Waals surface area contributed by atoms with Crippen LogP contribution in [-0.4, -0.2) is 54.5 Å². The van der Waals surface area contributed by atoms with E-state index >= 15 is 0 Å². The highest BCUT2D eigenvalue weighted by atomic mass is 32.2. The van der Waals surface area contributed by atoms with Gasteiger partial charge in [-0.3, -0.25) is 4.79 Å². The van der Waals surface area contributed by atoms with Crippen molar-refractivity contribution >= 4 is 27.0 Å². The van der Waals surface area contributed by atoms with E-state index in [1.165, 1.54) is 4.31 Å². The molecule has 0 spiro atoms. The molecule has 9 heteroatoms. The predicted molar refractivity (Wildman–Crippen MR) is 104 cm³/mol. The highest BCUT2D eigenvalue weighted by Crippen LogP contribution is 2.24. The monoisotopic (exact) mass is 409 g/mol. The maximum absolute atomic E-state index is 12.9. The summed E-state index contributed by atoms with van der Waals surface area (Å²) >= 11 is 0. The summed E-state index contributed by atoms with van der Waals surface area (Å²) in [4.78, 5) is 16.5. The Kier molecular flexibility index (Phi) is 6.69. The van der Waals surface area contributed by atoms with Crippen LogP contribution in [0.1, 0.15) is 38.9 Å². The molecule has 2 heterocycles. The summed E-state index contributed by atoms with van der Waals surface area (Å²) in [6, 6.07) is 4.97. The quantitative estimate of drug-likeness (QED) is 0.622. The molecule has 1 aromatic heterocycles. The molecule has 2 aromatic rings. The number of rotatable bonds is 8. The number of aromatic nitrogens is 2. The molecule has 154 valence electrons. The lowest BCUT2D eigenvalue weighted by molar-refractivity contribution is -0.145. The average molecular weight is 410 g/mol. The first-order valence-electron chi connectivity index (χ1n) is 9.70. The molecule has 0 radical (unpaired) electrons. The molecule has 1 saturated heterocycles. The van der Waals surface area contributed by atoms with Crippen LogP contribution in [0, 0.1) is 0 Å². The Hall–Kier alpha value is -1.97. The molecule has 1 aliphatic heterocycles. The number of fused-ring (bicyclic) bond motifs is 1. The molecule has 0 bridgehead atoms. The lowest BCUT2D eigenvalue weighted by atomic mass is 10.2. The van der Waals surface area contributed by atoms with Crippen LogP contribution < -0.4 is 0 Å². The van der Waals surface area contributed by atoms with E-state index in [4.69, 9.17) is 9.47 Å². The van der Waals surface area contributed by atoms with Gasteiger partial charge in [0.15, 0.2) is 0 Å². The van der Waals surface area contributed by atoms with E-state index in [1.54, 1.807) is 18.2 Å². The summed E-state index contributed by atoms with van der Waals surface area (Å²) in [7, 11) is -3.58. The molecular weight excluding hydrogens is 382 g/mol. The van der Waals surface area contributed by atoms with Crippen molar-refractivity contribution < 1.29 is 22.7 Å². The van der Waals surface area contributed by atoms with E-state index in [2.05, 4.69) is 4.98 Å². The number of unbranched alkanes of at least 4 members (excludes halogenated alkanes) is 1. The minimum atomic E-state index is -3.58. The van der Waals surface area contributed by atoms with Gasteiger partial charge in [0.2, 0.25) is 10.0 Å². The SMILES string of the molecule is CCCCC(=O)OCc1nc2cc(S(=O)(=O)N3CCOCC3)ccc2n1CC. The zero-order valence-electron chi connectivity index (χ0n) is 16.4. The maximum atomic E-state index is 12.9. The molecule has 0 aliphatic carbocycles. The number of imidazole rings is 1. The predicted octanol–water partition coefficient (Wildman–Crippen LogP) is 2.31. The zero-order valence-corrected chi connectivity index (χ0v) is 17.2. The Bertz CT molecular complexity index is 932. The fourth-order valence-corrected chi connectivity index (χ4v) is 4.69. The number of esters is 1. The van der Waals surface area contributed by atoms with Gasteiger partial charge in [0.1, 0.15) is 12.4 Å². The second-order valence-corrected chi connectivity index (χ2v) is 8.64. The highest BCUT2D eigenvalue weighted by molar-refractivity contribution is 7.89. The Morgan fingerprint density at radius 2 is 2.00 bits per heavy atom. The standard InChI is InChI=1S/C19H27N3O5S/c1-3-5-6-19(23)27-14-18-20-16-13-15(7-8-17(16)22(18)4-2)28(24,25)21-9-11-26-12-10-21/h7-8,13H,3-6,9-12,14H2,1-2H3. The van der Waals surface area contributed by atoms with Crippen molar-refractivity contribution in [3.05, 3.63) is 24.0 Å². The molecule has 28 heavy (non-hydrogen) atoms. The first-order chi connectivity index (χ1) is 13.5. The number of aryl methyl sites for hydroxylation is 1. The molecule has 0 atom stereocenters. The van der Waals surface area contributed by atoms with Gasteiger partial charge in [-0.25, -0.2) is 13.4 Å². The lowest BCUT2D eigenvalue weighted by Gasteiger charge is -2.26. The summed E-state index contributed by atoms with van der Waals surface area (Å²) in [5.74, 6) is 0.371. The number of carbonyl (C=O) groups excluding carboxylic acids is 1. The third-order valence-corrected chi connectivity index (χ3v) is 6.71. The number of morpholine rings is 1. The van der Waals surface area contributed by atoms with Crippen LogP contribution in [0.2, 0.25) is 0 Å². The number of carbonyl (C=O) groups is 1. The molecular formula is C19H27N3O5S. The van der Waals surface area contributed by atoms with Gasteiger partial charge in [0.05, 0.1) is 29.1 Å². The molecule has 0 amide bonds. The second kappa shape index (κ2) is 9.02. The minimum absolute atomic E-state index is 0.0800. The van der Waals surface area contributed by atoms with Crippen molar-refractivity contribution in [2.75, 3.05) is 26.3 Å². The summed E-state index contributed by atoms with van der Waals surface area (Å²) in [6.45, 7) is 6.23. The van der Waals surface area contributed by atoms with Crippen LogP contribution in [0.5, 0.6) is 0 Å². The van der Waals surface area contributed by atoms with Crippen LogP contribution in [0.3, 0.4) is 0 Å². The van der Waals surface area contributed by atoms with Gasteiger partial charge in [0.25, 0.3) is 0 Å². The van der Waals surface area contributed by atoms with Crippen LogP contribution in [-0.2, 0) is 37.4 Å². The second-order valence-electron chi connectivity index (χ2n) is 6.70. The van der Waals surface area contributed by atoms with E-state index in [0.29, 0.717) is 50.6 Å². The first kappa shape index (κ1) is 20.8. The molecule has 0 N–H and O–H groups in total. The van der Waals surface area contributed by atoms with Gasteiger partial charge in [0, 0.05) is 26.1 Å². The van der Waals surface area contributed by atoms with Gasteiger partial charge in [-0.15, -0.1) is 0 Å². The summed E-state index contributed by atoms with van der Waals surface area (Å²) in [5, 5.41) is 0. The Morgan fingerprint density at radius 3 is 2.68 bits per heavy atom. The Balaban J connectivity index is 1.85. The van der Waals surface area contributed by atoms with Crippen LogP contribution >= 0.6 is 0 Å². The molecule has 8 nitrogen and oxygen atoms in total. The fourth-order valence-electron chi connectivity index (χ4n) is 3.26. The third-order valence-electron chi connectivity index (χ3n) is 4.82. The Morgan fingerprint density at radius 1 is 1.25 bits per heavy atom. The molecule has 3 rings (SSSR count). The van der Waals surface area contributed by atoms with Crippen molar-refractivity contribution in [3.63, 3.8) is 0 Å². The van der Waals surface area contributed by atoms with Gasteiger partial charge >= 0.3 is 5.97 Å². The van der Waals surface area contributed by atoms with Crippen molar-refractivity contribution in [2.45, 2.75) is 51.2 Å². The number of hydrogen-bond acceptors (Lipinski definition) is 6. The normalized spacial score (nSPS) is 15.8. The summed E-state index contributed by atoms with van der Waals surface area (Å²) in [5.41, 5.74) is 1.40. The summed E-state index contributed by atoms with van der Waals surface area (Å²) < 4.78 is 39.7. The number of nitrogens with zero attached hydrogens (tertiary/aromatic N) is 3. The van der Waals surface area contributed by atoms with E-state index in [-0.39, 0.29) is 17.5 Å². The molecule has 1 fully saturated rings. The van der Waals surface area contributed by atoms with Crippen molar-refractivity contribution in [1.82, 2.24) is 13.9 Å². The Labute approximate surface area is 165 Å². The topological polar surface area (TPSA) is 90.7 Å². The molecule has 1 aliphatic rings. The van der Waals surface area contributed by atoms with Crippen LogP contribution in [0.25, 0.3) is 11.0 Å². The van der Waals surface area contributed by atoms with Crippen LogP contribution in [0.15, 0.2) is 23.1 Å². The fraction of sp³-hybridized carbons (Fsp3) is 0.579. The molecule has 1 aromatic carbocycles. The number of benzene rings is 1. The maximum Gasteiger partial charge on any atom is 0.306 e. The van der Waals surface area contributed by atoms with E-state index in [1.807, 2.05) is 18.4 Å². The number of hydrogen-bond donors (Lipinski definition) is 0. The van der Waals surface area contributed by atoms with Crippen LogP contribution in [0.4, 0.5) is 0 Å². The number of ether oxygens (including phenoxy) is 2. The largest absolute Gasteiger partial charge is 0.458 e. The number of sulfonamides is 1. The van der Waals surface area contributed by atoms with Crippen molar-refractivity contribution in [3.8, 4) is 0 Å². The van der Waals surface area contributed by atoms with Crippen molar-refractivity contribution in [1.29, 1.82) is 0 Å². The minimum Gasteiger partial charge on any atom is -0.458 e.